The standard InChI is InChI=1S/C14H12N2O/c17-14-6-5-11(14)7-10-3-1-2-4-12(10)13-8-15-9-16-13/h1-4,7-9H,5-6H2,(H,15,16)/b11-7+. The van der Waals surface area contributed by atoms with Gasteiger partial charge in [-0.05, 0) is 23.6 Å². The van der Waals surface area contributed by atoms with Gasteiger partial charge in [0.1, 0.15) is 0 Å². The van der Waals surface area contributed by atoms with Crippen LogP contribution in [0.5, 0.6) is 0 Å². The molecule has 1 aliphatic carbocycles. The van der Waals surface area contributed by atoms with Gasteiger partial charge in [-0.15, -0.1) is 0 Å². The average molecular weight is 224 g/mol. The summed E-state index contributed by atoms with van der Waals surface area (Å²) in [5, 5.41) is 0. The second kappa shape index (κ2) is 4.01. The summed E-state index contributed by atoms with van der Waals surface area (Å²) in [7, 11) is 0. The minimum atomic E-state index is 0.268. The van der Waals surface area contributed by atoms with E-state index in [1.165, 1.54) is 0 Å². The molecule has 0 radical (unpaired) electrons. The third-order valence-corrected chi connectivity index (χ3v) is 3.06. The molecular formula is C14H12N2O. The molecule has 1 fully saturated rings. The lowest BCUT2D eigenvalue weighted by Gasteiger charge is -2.15. The molecule has 0 atom stereocenters. The quantitative estimate of drug-likeness (QED) is 0.797. The van der Waals surface area contributed by atoms with Crippen molar-refractivity contribution in [2.75, 3.05) is 0 Å². The first-order chi connectivity index (χ1) is 8.34. The molecule has 2 aromatic rings. The van der Waals surface area contributed by atoms with Gasteiger partial charge in [0.2, 0.25) is 0 Å². The number of hydrogen-bond donors (Lipinski definition) is 1. The fourth-order valence-corrected chi connectivity index (χ4v) is 1.98. The van der Waals surface area contributed by atoms with Crippen molar-refractivity contribution in [1.29, 1.82) is 0 Å². The summed E-state index contributed by atoms with van der Waals surface area (Å²) >= 11 is 0. The highest BCUT2D eigenvalue weighted by molar-refractivity contribution is 6.05. The second-order valence-corrected chi connectivity index (χ2v) is 4.15. The van der Waals surface area contributed by atoms with Gasteiger partial charge < -0.3 is 4.98 Å². The van der Waals surface area contributed by atoms with Gasteiger partial charge in [0.15, 0.2) is 5.78 Å². The lowest BCUT2D eigenvalue weighted by Crippen LogP contribution is -2.13. The van der Waals surface area contributed by atoms with Crippen LogP contribution < -0.4 is 0 Å². The first-order valence-corrected chi connectivity index (χ1v) is 5.66. The Morgan fingerprint density at radius 1 is 1.24 bits per heavy atom. The second-order valence-electron chi connectivity index (χ2n) is 4.15. The number of carbonyl (C=O) groups is 1. The number of nitrogens with zero attached hydrogens (tertiary/aromatic N) is 1. The van der Waals surface area contributed by atoms with E-state index in [1.807, 2.05) is 30.3 Å². The monoisotopic (exact) mass is 224 g/mol. The summed E-state index contributed by atoms with van der Waals surface area (Å²) < 4.78 is 0. The molecule has 3 rings (SSSR count). The summed E-state index contributed by atoms with van der Waals surface area (Å²) in [4.78, 5) is 18.5. The van der Waals surface area contributed by atoms with Crippen LogP contribution in [0.15, 0.2) is 42.4 Å². The molecule has 0 spiro atoms. The molecular weight excluding hydrogens is 212 g/mol. The maximum absolute atomic E-state index is 11.3. The van der Waals surface area contributed by atoms with Crippen LogP contribution in [-0.2, 0) is 4.79 Å². The number of allylic oxidation sites excluding steroid dienone is 1. The van der Waals surface area contributed by atoms with E-state index in [9.17, 15) is 4.79 Å². The Bertz CT molecular complexity index is 582. The molecule has 1 heterocycles. The molecule has 0 saturated heterocycles. The van der Waals surface area contributed by atoms with Crippen molar-refractivity contribution in [1.82, 2.24) is 9.97 Å². The Morgan fingerprint density at radius 3 is 2.76 bits per heavy atom. The highest BCUT2D eigenvalue weighted by atomic mass is 16.1. The van der Waals surface area contributed by atoms with Gasteiger partial charge in [-0.2, -0.15) is 0 Å². The summed E-state index contributed by atoms with van der Waals surface area (Å²) in [5.41, 5.74) is 4.05. The van der Waals surface area contributed by atoms with Gasteiger partial charge in [-0.25, -0.2) is 4.98 Å². The smallest absolute Gasteiger partial charge is 0.159 e. The first-order valence-electron chi connectivity index (χ1n) is 5.66. The minimum absolute atomic E-state index is 0.268. The number of imidazole rings is 1. The van der Waals surface area contributed by atoms with Crippen LogP contribution in [0.2, 0.25) is 0 Å². The van der Waals surface area contributed by atoms with E-state index >= 15 is 0 Å². The van der Waals surface area contributed by atoms with Gasteiger partial charge >= 0.3 is 0 Å². The Balaban J connectivity index is 2.05. The van der Waals surface area contributed by atoms with Crippen LogP contribution in [0.3, 0.4) is 0 Å². The van der Waals surface area contributed by atoms with E-state index in [0.717, 1.165) is 28.8 Å². The number of benzene rings is 1. The molecule has 17 heavy (non-hydrogen) atoms. The maximum atomic E-state index is 11.3. The number of H-pyrrole nitrogens is 1. The van der Waals surface area contributed by atoms with Gasteiger partial charge in [0, 0.05) is 12.0 Å². The van der Waals surface area contributed by atoms with Crippen LogP contribution in [0.1, 0.15) is 18.4 Å². The Morgan fingerprint density at radius 2 is 2.12 bits per heavy atom. The van der Waals surface area contributed by atoms with E-state index < -0.39 is 0 Å². The number of ketones is 1. The van der Waals surface area contributed by atoms with Crippen LogP contribution in [0.25, 0.3) is 17.3 Å². The summed E-state index contributed by atoms with van der Waals surface area (Å²) in [6.45, 7) is 0. The number of rotatable bonds is 2. The molecule has 1 saturated carbocycles. The molecule has 0 amide bonds. The summed E-state index contributed by atoms with van der Waals surface area (Å²) in [6.07, 6.45) is 7.03. The fraction of sp³-hybridized carbons (Fsp3) is 0.143. The van der Waals surface area contributed by atoms with Crippen molar-refractivity contribution in [2.24, 2.45) is 0 Å². The highest BCUT2D eigenvalue weighted by Gasteiger charge is 2.20. The van der Waals surface area contributed by atoms with Crippen molar-refractivity contribution >= 4 is 11.9 Å². The van der Waals surface area contributed by atoms with Crippen LogP contribution in [-0.4, -0.2) is 15.8 Å². The molecule has 1 aliphatic rings. The van der Waals surface area contributed by atoms with Crippen molar-refractivity contribution in [3.63, 3.8) is 0 Å². The lowest BCUT2D eigenvalue weighted by atomic mass is 9.88. The van der Waals surface area contributed by atoms with Crippen molar-refractivity contribution in [2.45, 2.75) is 12.8 Å². The molecule has 1 aromatic carbocycles. The van der Waals surface area contributed by atoms with Gasteiger partial charge in [0.05, 0.1) is 18.2 Å². The van der Waals surface area contributed by atoms with E-state index in [2.05, 4.69) is 9.97 Å². The predicted octanol–water partition coefficient (Wildman–Crippen LogP) is 2.82. The zero-order valence-corrected chi connectivity index (χ0v) is 9.31. The summed E-state index contributed by atoms with van der Waals surface area (Å²) in [6, 6.07) is 8.02. The molecule has 1 N–H and O–H groups in total. The minimum Gasteiger partial charge on any atom is -0.345 e. The number of hydrogen-bond acceptors (Lipinski definition) is 2. The third kappa shape index (κ3) is 1.80. The zero-order chi connectivity index (χ0) is 11.7. The number of carbonyl (C=O) groups excluding carboxylic acids is 1. The molecule has 3 nitrogen and oxygen atoms in total. The lowest BCUT2D eigenvalue weighted by molar-refractivity contribution is -0.118. The average Bonchev–Trinajstić information content (AvgIpc) is 2.88. The molecule has 0 aliphatic heterocycles. The van der Waals surface area contributed by atoms with E-state index in [-0.39, 0.29) is 5.78 Å². The van der Waals surface area contributed by atoms with Gasteiger partial charge in [-0.1, -0.05) is 24.3 Å². The van der Waals surface area contributed by atoms with E-state index in [0.29, 0.717) is 6.42 Å². The number of aromatic amines is 1. The van der Waals surface area contributed by atoms with Gasteiger partial charge in [-0.3, -0.25) is 4.79 Å². The zero-order valence-electron chi connectivity index (χ0n) is 9.31. The van der Waals surface area contributed by atoms with E-state index in [4.69, 9.17) is 0 Å². The van der Waals surface area contributed by atoms with Crippen LogP contribution in [0, 0.1) is 0 Å². The predicted molar refractivity (Wildman–Crippen MR) is 66.2 cm³/mol. The number of Topliss-reactive ketones (excluding diaryl/α,β-unsaturated/α-hetero) is 1. The van der Waals surface area contributed by atoms with Crippen LogP contribution in [0.4, 0.5) is 0 Å². The van der Waals surface area contributed by atoms with Gasteiger partial charge in [0.25, 0.3) is 0 Å². The van der Waals surface area contributed by atoms with E-state index in [1.54, 1.807) is 12.5 Å². The maximum Gasteiger partial charge on any atom is 0.159 e. The molecule has 1 aromatic heterocycles. The van der Waals surface area contributed by atoms with Crippen LogP contribution >= 0.6 is 0 Å². The van der Waals surface area contributed by atoms with Crippen molar-refractivity contribution in [3.8, 4) is 11.3 Å². The fourth-order valence-electron chi connectivity index (χ4n) is 1.98. The highest BCUT2D eigenvalue weighted by Crippen LogP contribution is 2.28. The SMILES string of the molecule is O=C1CC/C1=C\c1ccccc1-c1cnc[nH]1. The summed E-state index contributed by atoms with van der Waals surface area (Å²) in [5.74, 6) is 0.268. The van der Waals surface area contributed by atoms with Crippen molar-refractivity contribution < 1.29 is 4.79 Å². The largest absolute Gasteiger partial charge is 0.345 e. The Hall–Kier alpha value is -2.16. The molecule has 84 valence electrons. The molecule has 3 heteroatoms. The number of aromatic nitrogens is 2. The normalized spacial score (nSPS) is 17.2. The molecule has 0 unspecified atom stereocenters. The molecule has 0 bridgehead atoms. The topological polar surface area (TPSA) is 45.8 Å². The van der Waals surface area contributed by atoms with Crippen molar-refractivity contribution in [3.05, 3.63) is 47.9 Å². The third-order valence-electron chi connectivity index (χ3n) is 3.06. The first kappa shape index (κ1) is 10.0. The Kier molecular flexibility index (Phi) is 2.37. The Labute approximate surface area is 99.2 Å². The number of nitrogens with one attached hydrogen (secondary N) is 1.